The summed E-state index contributed by atoms with van der Waals surface area (Å²) in [5, 5.41) is 4.24. The van der Waals surface area contributed by atoms with Gasteiger partial charge in [-0.3, -0.25) is 9.19 Å². The first-order valence-corrected chi connectivity index (χ1v) is 7.94. The first-order chi connectivity index (χ1) is 9.09. The lowest BCUT2D eigenvalue weighted by Crippen LogP contribution is -2.17. The van der Waals surface area contributed by atoms with Gasteiger partial charge in [-0.25, -0.2) is 0 Å². The molecule has 0 fully saturated rings. The number of fused-ring (bicyclic) bond motifs is 1. The zero-order valence-corrected chi connectivity index (χ0v) is 12.2. The second-order valence-corrected chi connectivity index (χ2v) is 6.13. The fraction of sp³-hybridized carbons (Fsp3) is 0.231. The Labute approximate surface area is 119 Å². The molecule has 3 N–H and O–H groups in total. The monoisotopic (exact) mass is 293 g/mol. The predicted molar refractivity (Wildman–Crippen MR) is 85.1 cm³/mol. The number of hydrogen-bond acceptors (Lipinski definition) is 4. The van der Waals surface area contributed by atoms with Crippen LogP contribution in [0.2, 0.25) is 0 Å². The molecule has 0 saturated heterocycles. The van der Waals surface area contributed by atoms with Crippen molar-refractivity contribution in [3.05, 3.63) is 36.0 Å². The SMILES string of the molecule is CS(=O)CCNc1c(C(N)=S)cnc2ccccc12. The van der Waals surface area contributed by atoms with Crippen molar-refractivity contribution in [1.82, 2.24) is 4.98 Å². The van der Waals surface area contributed by atoms with Crippen LogP contribution in [-0.4, -0.2) is 32.7 Å². The number of nitrogens with two attached hydrogens (primary N) is 1. The quantitative estimate of drug-likeness (QED) is 0.821. The lowest BCUT2D eigenvalue weighted by molar-refractivity contribution is 0.687. The molecule has 2 rings (SSSR count). The predicted octanol–water partition coefficient (Wildman–Crippen LogP) is 1.66. The molecule has 100 valence electrons. The Morgan fingerprint density at radius 1 is 1.47 bits per heavy atom. The van der Waals surface area contributed by atoms with Crippen molar-refractivity contribution in [3.8, 4) is 0 Å². The van der Waals surface area contributed by atoms with E-state index in [4.69, 9.17) is 18.0 Å². The summed E-state index contributed by atoms with van der Waals surface area (Å²) in [6.07, 6.45) is 3.36. The van der Waals surface area contributed by atoms with Crippen molar-refractivity contribution >= 4 is 44.6 Å². The minimum atomic E-state index is -0.832. The van der Waals surface area contributed by atoms with E-state index in [9.17, 15) is 4.21 Å². The maximum Gasteiger partial charge on any atom is 0.107 e. The summed E-state index contributed by atoms with van der Waals surface area (Å²) in [7, 11) is -0.832. The Bertz CT molecular complexity index is 643. The van der Waals surface area contributed by atoms with E-state index in [0.29, 0.717) is 17.3 Å². The maximum absolute atomic E-state index is 11.1. The molecule has 1 unspecified atom stereocenters. The van der Waals surface area contributed by atoms with Gasteiger partial charge in [0.25, 0.3) is 0 Å². The van der Waals surface area contributed by atoms with Gasteiger partial charge in [0.2, 0.25) is 0 Å². The molecule has 0 spiro atoms. The minimum Gasteiger partial charge on any atom is -0.389 e. The second-order valence-electron chi connectivity index (χ2n) is 4.13. The molecule has 2 aromatic rings. The fourth-order valence-electron chi connectivity index (χ4n) is 1.84. The van der Waals surface area contributed by atoms with Crippen LogP contribution in [0.3, 0.4) is 0 Å². The number of nitrogens with zero attached hydrogens (tertiary/aromatic N) is 1. The molecule has 0 radical (unpaired) electrons. The van der Waals surface area contributed by atoms with Crippen LogP contribution in [0.1, 0.15) is 5.56 Å². The van der Waals surface area contributed by atoms with E-state index < -0.39 is 10.8 Å². The number of aromatic nitrogens is 1. The molecule has 19 heavy (non-hydrogen) atoms. The molecule has 1 heterocycles. The average molecular weight is 293 g/mol. The largest absolute Gasteiger partial charge is 0.389 e. The summed E-state index contributed by atoms with van der Waals surface area (Å²) >= 11 is 5.05. The first-order valence-electron chi connectivity index (χ1n) is 5.81. The summed E-state index contributed by atoms with van der Waals surface area (Å²) in [4.78, 5) is 4.64. The molecule has 6 heteroatoms. The van der Waals surface area contributed by atoms with Crippen molar-refractivity contribution in [2.75, 3.05) is 23.9 Å². The van der Waals surface area contributed by atoms with E-state index in [-0.39, 0.29) is 0 Å². The number of benzene rings is 1. The molecule has 0 aliphatic heterocycles. The molecular weight excluding hydrogens is 278 g/mol. The Morgan fingerprint density at radius 3 is 2.89 bits per heavy atom. The van der Waals surface area contributed by atoms with Crippen LogP contribution in [0.4, 0.5) is 5.69 Å². The fourth-order valence-corrected chi connectivity index (χ4v) is 2.38. The Morgan fingerprint density at radius 2 is 2.21 bits per heavy atom. The standard InChI is InChI=1S/C13H15N3OS2/c1-19(17)7-6-15-12-9-4-2-3-5-11(9)16-8-10(12)13(14)18/h2-5,8H,6-7H2,1H3,(H2,14,18)(H,15,16). The molecule has 0 amide bonds. The highest BCUT2D eigenvalue weighted by Crippen LogP contribution is 2.25. The van der Waals surface area contributed by atoms with Gasteiger partial charge in [0.1, 0.15) is 4.99 Å². The first kappa shape index (κ1) is 13.9. The molecule has 1 aromatic heterocycles. The van der Waals surface area contributed by atoms with Crippen LogP contribution in [0.25, 0.3) is 10.9 Å². The Hall–Kier alpha value is -1.53. The van der Waals surface area contributed by atoms with E-state index in [1.807, 2.05) is 24.3 Å². The number of thiocarbonyl (C=S) groups is 1. The summed E-state index contributed by atoms with van der Waals surface area (Å²) in [6.45, 7) is 0.604. The van der Waals surface area contributed by atoms with Crippen molar-refractivity contribution in [1.29, 1.82) is 0 Å². The van der Waals surface area contributed by atoms with Crippen LogP contribution >= 0.6 is 12.2 Å². The summed E-state index contributed by atoms with van der Waals surface area (Å²) < 4.78 is 11.1. The summed E-state index contributed by atoms with van der Waals surface area (Å²) in [6, 6.07) is 7.77. The molecule has 0 aliphatic rings. The van der Waals surface area contributed by atoms with Gasteiger partial charge in [-0.05, 0) is 6.07 Å². The van der Waals surface area contributed by atoms with E-state index >= 15 is 0 Å². The molecule has 1 atom stereocenters. The number of pyridine rings is 1. The molecule has 4 nitrogen and oxygen atoms in total. The number of hydrogen-bond donors (Lipinski definition) is 2. The van der Waals surface area contributed by atoms with Crippen molar-refractivity contribution in [2.24, 2.45) is 5.73 Å². The van der Waals surface area contributed by atoms with Gasteiger partial charge in [0, 0.05) is 40.9 Å². The topological polar surface area (TPSA) is 68.0 Å². The van der Waals surface area contributed by atoms with Gasteiger partial charge < -0.3 is 11.1 Å². The van der Waals surface area contributed by atoms with Gasteiger partial charge in [-0.2, -0.15) is 0 Å². The third-order valence-electron chi connectivity index (χ3n) is 2.73. The van der Waals surface area contributed by atoms with Gasteiger partial charge in [0.15, 0.2) is 0 Å². The van der Waals surface area contributed by atoms with Crippen LogP contribution in [0.5, 0.6) is 0 Å². The van der Waals surface area contributed by atoms with Crippen LogP contribution < -0.4 is 11.1 Å². The van der Waals surface area contributed by atoms with E-state index in [0.717, 1.165) is 22.2 Å². The molecule has 0 aliphatic carbocycles. The molecule has 0 saturated carbocycles. The number of nitrogens with one attached hydrogen (secondary N) is 1. The third-order valence-corrected chi connectivity index (χ3v) is 3.73. The zero-order valence-electron chi connectivity index (χ0n) is 10.6. The molecule has 1 aromatic carbocycles. The lowest BCUT2D eigenvalue weighted by Gasteiger charge is -2.13. The van der Waals surface area contributed by atoms with E-state index in [1.54, 1.807) is 12.5 Å². The summed E-state index contributed by atoms with van der Waals surface area (Å²) in [5.74, 6) is 0.577. The van der Waals surface area contributed by atoms with Crippen LogP contribution in [-0.2, 0) is 10.8 Å². The Kier molecular flexibility index (Phi) is 4.44. The number of anilines is 1. The number of rotatable bonds is 5. The van der Waals surface area contributed by atoms with E-state index in [2.05, 4.69) is 10.3 Å². The lowest BCUT2D eigenvalue weighted by atomic mass is 10.1. The maximum atomic E-state index is 11.1. The smallest absolute Gasteiger partial charge is 0.107 e. The highest BCUT2D eigenvalue weighted by Gasteiger charge is 2.10. The highest BCUT2D eigenvalue weighted by molar-refractivity contribution is 7.84. The van der Waals surface area contributed by atoms with Gasteiger partial charge >= 0.3 is 0 Å². The number of para-hydroxylation sites is 1. The zero-order chi connectivity index (χ0) is 13.8. The summed E-state index contributed by atoms with van der Waals surface area (Å²) in [5.41, 5.74) is 8.19. The molecule has 0 bridgehead atoms. The highest BCUT2D eigenvalue weighted by atomic mass is 32.2. The van der Waals surface area contributed by atoms with Gasteiger partial charge in [0.05, 0.1) is 16.8 Å². The van der Waals surface area contributed by atoms with Crippen LogP contribution in [0.15, 0.2) is 30.5 Å². The van der Waals surface area contributed by atoms with E-state index in [1.165, 1.54) is 0 Å². The third kappa shape index (κ3) is 3.27. The van der Waals surface area contributed by atoms with Crippen molar-refractivity contribution in [3.63, 3.8) is 0 Å². The second kappa shape index (κ2) is 6.08. The van der Waals surface area contributed by atoms with Gasteiger partial charge in [-0.1, -0.05) is 30.4 Å². The van der Waals surface area contributed by atoms with Gasteiger partial charge in [-0.15, -0.1) is 0 Å². The van der Waals surface area contributed by atoms with Crippen molar-refractivity contribution < 1.29 is 4.21 Å². The normalized spacial score (nSPS) is 12.3. The minimum absolute atomic E-state index is 0.304. The van der Waals surface area contributed by atoms with Crippen LogP contribution in [0, 0.1) is 0 Å². The average Bonchev–Trinajstić information content (AvgIpc) is 2.38. The Balaban J connectivity index is 2.43. The van der Waals surface area contributed by atoms with Crippen molar-refractivity contribution in [2.45, 2.75) is 0 Å². The molecular formula is C13H15N3OS2.